The van der Waals surface area contributed by atoms with Crippen molar-refractivity contribution in [1.82, 2.24) is 0 Å². The third-order valence-electron chi connectivity index (χ3n) is 4.07. The molecule has 1 fully saturated rings. The smallest absolute Gasteiger partial charge is 0.388 e. The van der Waals surface area contributed by atoms with E-state index in [0.29, 0.717) is 16.0 Å². The summed E-state index contributed by atoms with van der Waals surface area (Å²) in [4.78, 5) is 0. The van der Waals surface area contributed by atoms with Gasteiger partial charge in [-0.1, -0.05) is 35.7 Å². The monoisotopic (exact) mass is 350 g/mol. The fourth-order valence-electron chi connectivity index (χ4n) is 2.97. The van der Waals surface area contributed by atoms with Crippen LogP contribution in [0.1, 0.15) is 49.8 Å². The second-order valence-electron chi connectivity index (χ2n) is 5.71. The predicted molar refractivity (Wildman–Crippen MR) is 75.2 cm³/mol. The van der Waals surface area contributed by atoms with Gasteiger partial charge in [0.1, 0.15) is 0 Å². The molecule has 2 rings (SSSR count). The van der Waals surface area contributed by atoms with Gasteiger partial charge in [0.05, 0.1) is 11.7 Å². The summed E-state index contributed by atoms with van der Waals surface area (Å²) >= 11 is 3.25. The van der Waals surface area contributed by atoms with Crippen LogP contribution < -0.4 is 0 Å². The quantitative estimate of drug-likeness (QED) is 0.764. The second-order valence-corrected chi connectivity index (χ2v) is 6.57. The van der Waals surface area contributed by atoms with E-state index in [1.807, 2.05) is 0 Å². The number of hydrogen-bond acceptors (Lipinski definition) is 1. The molecular formula is C15H18BrF3O. The zero-order valence-electron chi connectivity index (χ0n) is 11.3. The van der Waals surface area contributed by atoms with E-state index >= 15 is 0 Å². The van der Waals surface area contributed by atoms with Crippen molar-refractivity contribution in [2.75, 3.05) is 0 Å². The molecule has 0 amide bonds. The molecule has 1 aromatic carbocycles. The van der Waals surface area contributed by atoms with Crippen LogP contribution in [-0.4, -0.2) is 5.11 Å². The minimum Gasteiger partial charge on any atom is -0.388 e. The summed E-state index contributed by atoms with van der Waals surface area (Å²) < 4.78 is 38.8. The van der Waals surface area contributed by atoms with Crippen molar-refractivity contribution < 1.29 is 18.3 Å². The van der Waals surface area contributed by atoms with Crippen molar-refractivity contribution in [2.24, 2.45) is 11.8 Å². The van der Waals surface area contributed by atoms with Crippen LogP contribution in [0.15, 0.2) is 22.7 Å². The van der Waals surface area contributed by atoms with Crippen molar-refractivity contribution in [3.05, 3.63) is 33.8 Å². The van der Waals surface area contributed by atoms with Crippen LogP contribution in [0.25, 0.3) is 0 Å². The van der Waals surface area contributed by atoms with Gasteiger partial charge >= 0.3 is 6.18 Å². The Morgan fingerprint density at radius 3 is 2.60 bits per heavy atom. The van der Waals surface area contributed by atoms with E-state index in [2.05, 4.69) is 22.9 Å². The van der Waals surface area contributed by atoms with Crippen LogP contribution in [0.2, 0.25) is 0 Å². The van der Waals surface area contributed by atoms with Gasteiger partial charge in [0.25, 0.3) is 0 Å². The van der Waals surface area contributed by atoms with Crippen molar-refractivity contribution in [1.29, 1.82) is 0 Å². The highest BCUT2D eigenvalue weighted by molar-refractivity contribution is 9.10. The average Bonchev–Trinajstić information content (AvgIpc) is 2.37. The minimum atomic E-state index is -4.38. The van der Waals surface area contributed by atoms with Gasteiger partial charge in [-0.05, 0) is 48.4 Å². The Hall–Kier alpha value is -0.550. The summed E-state index contributed by atoms with van der Waals surface area (Å²) in [6.45, 7) is 2.13. The largest absolute Gasteiger partial charge is 0.416 e. The highest BCUT2D eigenvalue weighted by atomic mass is 79.9. The Bertz CT molecular complexity index is 473. The van der Waals surface area contributed by atoms with Crippen LogP contribution in [-0.2, 0) is 6.18 Å². The van der Waals surface area contributed by atoms with E-state index in [0.717, 1.165) is 37.8 Å². The molecule has 5 heteroatoms. The van der Waals surface area contributed by atoms with Gasteiger partial charge in [-0.2, -0.15) is 13.2 Å². The second kappa shape index (κ2) is 6.06. The van der Waals surface area contributed by atoms with Gasteiger partial charge in [-0.25, -0.2) is 0 Å². The highest BCUT2D eigenvalue weighted by Crippen LogP contribution is 2.41. The first kappa shape index (κ1) is 15.8. The van der Waals surface area contributed by atoms with Crippen molar-refractivity contribution in [3.63, 3.8) is 0 Å². The van der Waals surface area contributed by atoms with E-state index in [9.17, 15) is 18.3 Å². The summed E-state index contributed by atoms with van der Waals surface area (Å²) in [5.74, 6) is 0.562. The first-order valence-corrected chi connectivity index (χ1v) is 7.63. The number of rotatable bonds is 2. The molecule has 20 heavy (non-hydrogen) atoms. The first-order chi connectivity index (χ1) is 9.29. The highest BCUT2D eigenvalue weighted by Gasteiger charge is 2.33. The van der Waals surface area contributed by atoms with Crippen LogP contribution in [0.3, 0.4) is 0 Å². The van der Waals surface area contributed by atoms with Gasteiger partial charge in [-0.15, -0.1) is 0 Å². The van der Waals surface area contributed by atoms with Crippen LogP contribution in [0, 0.1) is 11.8 Å². The standard InChI is InChI=1S/C15H18BrF3O/c1-9-3-2-4-10(7-9)14(20)12-8-11(15(17,18)19)5-6-13(12)16/h5-6,8-10,14,20H,2-4,7H2,1H3. The molecule has 1 aromatic rings. The molecule has 1 nitrogen and oxygen atoms in total. The molecule has 0 bridgehead atoms. The molecule has 0 aromatic heterocycles. The molecule has 0 heterocycles. The molecule has 3 unspecified atom stereocenters. The SMILES string of the molecule is CC1CCCC(C(O)c2cc(C(F)(F)F)ccc2Br)C1. The number of alkyl halides is 3. The van der Waals surface area contributed by atoms with Crippen LogP contribution in [0.4, 0.5) is 13.2 Å². The third-order valence-corrected chi connectivity index (χ3v) is 4.79. The molecule has 1 N–H and O–H groups in total. The van der Waals surface area contributed by atoms with Crippen LogP contribution in [0.5, 0.6) is 0 Å². The summed E-state index contributed by atoms with van der Waals surface area (Å²) in [5.41, 5.74) is -0.363. The Labute approximate surface area is 125 Å². The molecule has 0 radical (unpaired) electrons. The lowest BCUT2D eigenvalue weighted by Gasteiger charge is -2.31. The maximum Gasteiger partial charge on any atom is 0.416 e. The zero-order chi connectivity index (χ0) is 14.9. The Balaban J connectivity index is 2.26. The van der Waals surface area contributed by atoms with Gasteiger partial charge in [-0.3, -0.25) is 0 Å². The van der Waals surface area contributed by atoms with E-state index in [-0.39, 0.29) is 5.92 Å². The zero-order valence-corrected chi connectivity index (χ0v) is 12.8. The minimum absolute atomic E-state index is 0.0403. The maximum absolute atomic E-state index is 12.8. The lowest BCUT2D eigenvalue weighted by molar-refractivity contribution is -0.137. The number of hydrogen-bond donors (Lipinski definition) is 1. The van der Waals surface area contributed by atoms with Gasteiger partial charge in [0, 0.05) is 4.47 Å². The van der Waals surface area contributed by atoms with Crippen molar-refractivity contribution >= 4 is 15.9 Å². The summed E-state index contributed by atoms with van der Waals surface area (Å²) in [5, 5.41) is 10.4. The normalized spacial score (nSPS) is 25.5. The molecule has 0 aliphatic heterocycles. The van der Waals surface area contributed by atoms with Gasteiger partial charge in [0.2, 0.25) is 0 Å². The Morgan fingerprint density at radius 2 is 2.00 bits per heavy atom. The molecule has 1 aliphatic carbocycles. The lowest BCUT2D eigenvalue weighted by atomic mass is 9.78. The van der Waals surface area contributed by atoms with E-state index in [1.54, 1.807) is 0 Å². The Morgan fingerprint density at radius 1 is 1.30 bits per heavy atom. The fraction of sp³-hybridized carbons (Fsp3) is 0.600. The summed E-state index contributed by atoms with van der Waals surface area (Å²) in [7, 11) is 0. The predicted octanol–water partition coefficient (Wildman–Crippen LogP) is 5.33. The summed E-state index contributed by atoms with van der Waals surface area (Å²) in [6, 6.07) is 3.46. The number of aliphatic hydroxyl groups excluding tert-OH is 1. The van der Waals surface area contributed by atoms with Crippen molar-refractivity contribution in [3.8, 4) is 0 Å². The Kier molecular flexibility index (Phi) is 4.80. The van der Waals surface area contributed by atoms with Crippen LogP contribution >= 0.6 is 15.9 Å². The number of benzene rings is 1. The van der Waals surface area contributed by atoms with Gasteiger partial charge < -0.3 is 5.11 Å². The summed E-state index contributed by atoms with van der Waals surface area (Å²) in [6.07, 6.45) is -1.33. The number of aliphatic hydroxyl groups is 1. The third kappa shape index (κ3) is 3.55. The number of halogens is 4. The molecule has 3 atom stereocenters. The molecular weight excluding hydrogens is 333 g/mol. The van der Waals surface area contributed by atoms with Crippen molar-refractivity contribution in [2.45, 2.75) is 44.9 Å². The maximum atomic E-state index is 12.8. The molecule has 0 saturated heterocycles. The van der Waals surface area contributed by atoms with E-state index < -0.39 is 17.8 Å². The molecule has 0 spiro atoms. The van der Waals surface area contributed by atoms with E-state index in [1.165, 1.54) is 6.07 Å². The topological polar surface area (TPSA) is 20.2 Å². The lowest BCUT2D eigenvalue weighted by Crippen LogP contribution is -2.21. The first-order valence-electron chi connectivity index (χ1n) is 6.83. The molecule has 1 aliphatic rings. The van der Waals surface area contributed by atoms with Gasteiger partial charge in [0.15, 0.2) is 0 Å². The fourth-order valence-corrected chi connectivity index (χ4v) is 3.45. The molecule has 112 valence electrons. The van der Waals surface area contributed by atoms with E-state index in [4.69, 9.17) is 0 Å². The molecule has 1 saturated carbocycles. The average molecular weight is 351 g/mol.